The second kappa shape index (κ2) is 3.09. The number of hydrogen-bond acceptors (Lipinski definition) is 0. The molecule has 0 saturated heterocycles. The lowest BCUT2D eigenvalue weighted by Gasteiger charge is -2.04. The van der Waals surface area contributed by atoms with E-state index in [0.29, 0.717) is 0 Å². The van der Waals surface area contributed by atoms with Gasteiger partial charge in [-0.25, -0.2) is 0 Å². The van der Waals surface area contributed by atoms with Gasteiger partial charge in [-0.2, -0.15) is 0 Å². The van der Waals surface area contributed by atoms with Crippen molar-refractivity contribution in [1.82, 2.24) is 0 Å². The summed E-state index contributed by atoms with van der Waals surface area (Å²) in [7, 11) is 0. The van der Waals surface area contributed by atoms with Crippen molar-refractivity contribution in [2.75, 3.05) is 0 Å². The Morgan fingerprint density at radius 2 is 1.80 bits per heavy atom. The Hall–Kier alpha value is -1.82. The highest BCUT2D eigenvalue weighted by atomic mass is 14.0. The third-order valence-electron chi connectivity index (χ3n) is 2.88. The van der Waals surface area contributed by atoms with Crippen molar-refractivity contribution >= 4 is 21.5 Å². The van der Waals surface area contributed by atoms with Crippen LogP contribution in [0.15, 0.2) is 48.5 Å². The van der Waals surface area contributed by atoms with E-state index < -0.39 is 0 Å². The van der Waals surface area contributed by atoms with Crippen molar-refractivity contribution in [2.45, 2.75) is 6.92 Å². The zero-order valence-corrected chi connectivity index (χ0v) is 8.62. The molecule has 15 heavy (non-hydrogen) atoms. The molecule has 1 radical (unpaired) electrons. The topological polar surface area (TPSA) is 0 Å². The zero-order chi connectivity index (χ0) is 10.3. The molecular weight excluding hydrogens is 180 g/mol. The molecule has 0 heterocycles. The van der Waals surface area contributed by atoms with Crippen LogP contribution in [0.3, 0.4) is 0 Å². The van der Waals surface area contributed by atoms with Crippen LogP contribution in [-0.4, -0.2) is 0 Å². The number of fused-ring (bicyclic) bond motifs is 2. The van der Waals surface area contributed by atoms with Crippen LogP contribution in [-0.2, 0) is 0 Å². The number of rotatable bonds is 0. The van der Waals surface area contributed by atoms with Gasteiger partial charge in [0.05, 0.1) is 0 Å². The molecule has 0 aromatic heterocycles. The van der Waals surface area contributed by atoms with Gasteiger partial charge in [0.1, 0.15) is 0 Å². The van der Waals surface area contributed by atoms with E-state index in [0.717, 1.165) is 0 Å². The van der Waals surface area contributed by atoms with Crippen molar-refractivity contribution in [3.63, 3.8) is 0 Å². The fourth-order valence-electron chi connectivity index (χ4n) is 2.05. The highest BCUT2D eigenvalue weighted by molar-refractivity contribution is 5.99. The molecule has 0 fully saturated rings. The Morgan fingerprint density at radius 3 is 2.73 bits per heavy atom. The van der Waals surface area contributed by atoms with Crippen molar-refractivity contribution < 1.29 is 0 Å². The lowest BCUT2D eigenvalue weighted by atomic mass is 10.0. The van der Waals surface area contributed by atoms with Gasteiger partial charge in [0.2, 0.25) is 0 Å². The lowest BCUT2D eigenvalue weighted by molar-refractivity contribution is 1.54. The van der Waals surface area contributed by atoms with Crippen LogP contribution >= 0.6 is 0 Å². The Labute approximate surface area is 89.2 Å². The molecule has 0 aliphatic rings. The summed E-state index contributed by atoms with van der Waals surface area (Å²) in [5, 5.41) is 5.09. The normalized spacial score (nSPS) is 11.0. The highest BCUT2D eigenvalue weighted by Crippen LogP contribution is 2.24. The monoisotopic (exact) mass is 191 g/mol. The first-order valence-electron chi connectivity index (χ1n) is 5.14. The van der Waals surface area contributed by atoms with E-state index in [-0.39, 0.29) is 0 Å². The minimum absolute atomic E-state index is 1.19. The van der Waals surface area contributed by atoms with Crippen molar-refractivity contribution in [2.24, 2.45) is 0 Å². The van der Waals surface area contributed by atoms with E-state index in [1.165, 1.54) is 27.1 Å². The first-order valence-corrected chi connectivity index (χ1v) is 5.14. The lowest BCUT2D eigenvalue weighted by Crippen LogP contribution is -1.79. The molecule has 0 saturated carbocycles. The summed E-state index contributed by atoms with van der Waals surface area (Å²) in [6.45, 7) is 2.15. The Morgan fingerprint density at radius 1 is 0.933 bits per heavy atom. The number of aryl methyl sites for hydroxylation is 1. The average Bonchev–Trinajstić information content (AvgIpc) is 2.27. The maximum atomic E-state index is 3.26. The second-order valence-corrected chi connectivity index (χ2v) is 3.91. The van der Waals surface area contributed by atoms with Crippen LogP contribution in [0.4, 0.5) is 0 Å². The van der Waals surface area contributed by atoms with Crippen LogP contribution in [0.2, 0.25) is 0 Å². The SMILES string of the molecule is Cc1cccc2cc3[c]cccc3cc12. The summed E-state index contributed by atoms with van der Waals surface area (Å²) < 4.78 is 0. The predicted octanol–water partition coefficient (Wildman–Crippen LogP) is 4.10. The van der Waals surface area contributed by atoms with Crippen molar-refractivity contribution in [1.29, 1.82) is 0 Å². The van der Waals surface area contributed by atoms with E-state index in [2.05, 4.69) is 49.4 Å². The third kappa shape index (κ3) is 1.30. The molecule has 71 valence electrons. The van der Waals surface area contributed by atoms with Gasteiger partial charge in [0.25, 0.3) is 0 Å². The standard InChI is InChI=1S/C15H11/c1-11-5-4-8-14-9-12-6-2-3-7-13(12)10-15(11)14/h2-5,7-10H,1H3. The van der Waals surface area contributed by atoms with Crippen molar-refractivity contribution in [3.05, 3.63) is 60.2 Å². The van der Waals surface area contributed by atoms with E-state index in [4.69, 9.17) is 0 Å². The molecule has 0 aliphatic heterocycles. The summed E-state index contributed by atoms with van der Waals surface area (Å²) in [6.07, 6.45) is 0. The zero-order valence-electron chi connectivity index (χ0n) is 8.62. The molecule has 3 aromatic carbocycles. The van der Waals surface area contributed by atoms with Gasteiger partial charge in [0.15, 0.2) is 0 Å². The molecule has 0 nitrogen and oxygen atoms in total. The fourth-order valence-corrected chi connectivity index (χ4v) is 2.05. The van der Waals surface area contributed by atoms with E-state index in [1.54, 1.807) is 0 Å². The van der Waals surface area contributed by atoms with Crippen LogP contribution in [0, 0.1) is 13.0 Å². The Kier molecular flexibility index (Phi) is 1.75. The van der Waals surface area contributed by atoms with Gasteiger partial charge in [0, 0.05) is 0 Å². The summed E-state index contributed by atoms with van der Waals surface area (Å²) >= 11 is 0. The summed E-state index contributed by atoms with van der Waals surface area (Å²) in [5.74, 6) is 0. The Bertz CT molecular complexity index is 636. The van der Waals surface area contributed by atoms with Gasteiger partial charge in [-0.15, -0.1) is 0 Å². The maximum absolute atomic E-state index is 3.26. The van der Waals surface area contributed by atoms with Gasteiger partial charge < -0.3 is 0 Å². The molecule has 0 heteroatoms. The van der Waals surface area contributed by atoms with Crippen LogP contribution in [0.25, 0.3) is 21.5 Å². The second-order valence-electron chi connectivity index (χ2n) is 3.91. The van der Waals surface area contributed by atoms with Crippen LogP contribution in [0.1, 0.15) is 5.56 Å². The predicted molar refractivity (Wildman–Crippen MR) is 65.0 cm³/mol. The first kappa shape index (κ1) is 8.49. The molecule has 3 aromatic rings. The van der Waals surface area contributed by atoms with Gasteiger partial charge >= 0.3 is 0 Å². The average molecular weight is 191 g/mol. The minimum atomic E-state index is 1.19. The summed E-state index contributed by atoms with van der Waals surface area (Å²) in [5.41, 5.74) is 1.33. The third-order valence-corrected chi connectivity index (χ3v) is 2.88. The molecule has 3 rings (SSSR count). The molecule has 0 aliphatic carbocycles. The van der Waals surface area contributed by atoms with E-state index in [1.807, 2.05) is 12.1 Å². The van der Waals surface area contributed by atoms with E-state index >= 15 is 0 Å². The fraction of sp³-hybridized carbons (Fsp3) is 0.0667. The molecule has 0 bridgehead atoms. The quantitative estimate of drug-likeness (QED) is 0.469. The van der Waals surface area contributed by atoms with Gasteiger partial charge in [-0.05, 0) is 52.2 Å². The maximum Gasteiger partial charge on any atom is -0.00988 e. The molecule has 0 amide bonds. The van der Waals surface area contributed by atoms with Crippen molar-refractivity contribution in [3.8, 4) is 0 Å². The molecule has 0 unspecified atom stereocenters. The number of benzene rings is 3. The molecule has 0 N–H and O–H groups in total. The number of hydrogen-bond donors (Lipinski definition) is 0. The molecule has 0 spiro atoms. The minimum Gasteiger partial charge on any atom is -0.0614 e. The summed E-state index contributed by atoms with van der Waals surface area (Å²) in [4.78, 5) is 0. The smallest absolute Gasteiger partial charge is 0.00988 e. The van der Waals surface area contributed by atoms with Crippen LogP contribution in [0.5, 0.6) is 0 Å². The van der Waals surface area contributed by atoms with Gasteiger partial charge in [-0.1, -0.05) is 36.4 Å². The highest BCUT2D eigenvalue weighted by Gasteiger charge is 1.99. The Balaban J connectivity index is 2.53. The largest absolute Gasteiger partial charge is 0.0614 e. The summed E-state index contributed by atoms with van der Waals surface area (Å²) in [6, 6.07) is 20.3. The molecule has 0 atom stereocenters. The van der Waals surface area contributed by atoms with E-state index in [9.17, 15) is 0 Å². The van der Waals surface area contributed by atoms with Gasteiger partial charge in [-0.3, -0.25) is 0 Å². The molecular formula is C15H11. The van der Waals surface area contributed by atoms with Crippen LogP contribution < -0.4 is 0 Å². The first-order chi connectivity index (χ1) is 7.34.